The van der Waals surface area contributed by atoms with E-state index in [4.69, 9.17) is 4.74 Å². The van der Waals surface area contributed by atoms with Crippen molar-refractivity contribution in [2.45, 2.75) is 61.7 Å². The molecule has 3 rings (SSSR count). The molecule has 2 aliphatic rings. The zero-order chi connectivity index (χ0) is 27.5. The number of amides is 1. The number of hydrogen-bond donors (Lipinski definition) is 1. The van der Waals surface area contributed by atoms with Gasteiger partial charge in [0.1, 0.15) is 17.4 Å². The van der Waals surface area contributed by atoms with Crippen LogP contribution in [-0.2, 0) is 19.4 Å². The van der Waals surface area contributed by atoms with Crippen LogP contribution in [0.25, 0.3) is 0 Å². The van der Waals surface area contributed by atoms with Crippen LogP contribution in [0, 0.1) is 11.6 Å². The molecule has 2 aliphatic heterocycles. The summed E-state index contributed by atoms with van der Waals surface area (Å²) in [6.07, 6.45) is 1.31. The van der Waals surface area contributed by atoms with Crippen LogP contribution in [0.15, 0.2) is 34.7 Å². The highest BCUT2D eigenvalue weighted by Gasteiger charge is 2.41. The smallest absolute Gasteiger partial charge is 0.312 e. The highest BCUT2D eigenvalue weighted by molar-refractivity contribution is 7.90. The Bertz CT molecular complexity index is 1140. The van der Waals surface area contributed by atoms with Gasteiger partial charge in [0.15, 0.2) is 21.5 Å². The van der Waals surface area contributed by atoms with Gasteiger partial charge in [0.05, 0.1) is 12.0 Å². The first kappa shape index (κ1) is 28.9. The van der Waals surface area contributed by atoms with E-state index in [1.54, 1.807) is 4.90 Å². The average Bonchev–Trinajstić information content (AvgIpc) is 3.21. The molecule has 0 aliphatic carbocycles. The number of aliphatic imine (C=N–C) groups is 1. The molecule has 0 spiro atoms. The molecule has 0 radical (unpaired) electrons. The lowest BCUT2D eigenvalue weighted by atomic mass is 9.97. The van der Waals surface area contributed by atoms with Crippen molar-refractivity contribution >= 4 is 27.3 Å². The monoisotopic (exact) mass is 550 g/mol. The fraction of sp³-hybridized carbons (Fsp3) is 0.583. The molecule has 1 N–H and O–H groups in total. The van der Waals surface area contributed by atoms with E-state index in [0.717, 1.165) is 25.5 Å². The van der Waals surface area contributed by atoms with Crippen LogP contribution in [0.5, 0.6) is 0 Å². The van der Waals surface area contributed by atoms with Crippen molar-refractivity contribution in [3.05, 3.63) is 36.4 Å². The minimum absolute atomic E-state index is 0. The number of alkyl halides is 2. The standard InChI is InChI=1S/C24H32F4N4O4S.H2/c1-5-24(6-2,30-22(36-3)21(27)28)31-10-7-15(8-11-31)32-12-9-19(23(32)33)29-20-17(25)13-16(14-18(20)26)37(4,34)35;/h5,13-15,19,21,29H,1,6-12H2,2-4H3;1H/b30-22-;/t19-,24?;/m0./s1. The number of nitrogens with one attached hydrogen (secondary N) is 1. The Morgan fingerprint density at radius 3 is 2.32 bits per heavy atom. The number of nitrogens with zero attached hydrogens (tertiary/aromatic N) is 3. The highest BCUT2D eigenvalue weighted by atomic mass is 32.2. The summed E-state index contributed by atoms with van der Waals surface area (Å²) in [6, 6.07) is 0.435. The number of halogens is 4. The van der Waals surface area contributed by atoms with Crippen LogP contribution >= 0.6 is 0 Å². The number of likely N-dealkylation sites (tertiary alicyclic amines) is 2. The van der Waals surface area contributed by atoms with Crippen molar-refractivity contribution in [3.8, 4) is 0 Å². The number of piperidine rings is 1. The van der Waals surface area contributed by atoms with Gasteiger partial charge in [-0.25, -0.2) is 22.2 Å². The van der Waals surface area contributed by atoms with Gasteiger partial charge in [-0.2, -0.15) is 8.78 Å². The largest absolute Gasteiger partial charge is 0.480 e. The molecule has 2 fully saturated rings. The maximum absolute atomic E-state index is 14.5. The number of ether oxygens (including phenoxy) is 1. The molecule has 1 unspecified atom stereocenters. The predicted octanol–water partition coefficient (Wildman–Crippen LogP) is 3.69. The molecule has 1 aromatic carbocycles. The molecule has 0 saturated carbocycles. The Hall–Kier alpha value is -2.67. The van der Waals surface area contributed by atoms with Gasteiger partial charge in [-0.05, 0) is 43.9 Å². The summed E-state index contributed by atoms with van der Waals surface area (Å²) in [5.41, 5.74) is -1.62. The molecular weight excluding hydrogens is 516 g/mol. The first-order chi connectivity index (χ1) is 17.4. The van der Waals surface area contributed by atoms with Crippen LogP contribution in [0.4, 0.5) is 23.2 Å². The fourth-order valence-electron chi connectivity index (χ4n) is 4.91. The number of hydrogen-bond acceptors (Lipinski definition) is 7. The van der Waals surface area contributed by atoms with Crippen molar-refractivity contribution in [3.63, 3.8) is 0 Å². The van der Waals surface area contributed by atoms with E-state index in [9.17, 15) is 30.8 Å². The maximum atomic E-state index is 14.5. The molecule has 37 heavy (non-hydrogen) atoms. The third kappa shape index (κ3) is 6.08. The third-order valence-electron chi connectivity index (χ3n) is 7.00. The Morgan fingerprint density at radius 1 is 1.27 bits per heavy atom. The summed E-state index contributed by atoms with van der Waals surface area (Å²) in [5.74, 6) is -3.18. The van der Waals surface area contributed by atoms with E-state index >= 15 is 0 Å². The second-order valence-electron chi connectivity index (χ2n) is 9.16. The van der Waals surface area contributed by atoms with E-state index in [1.807, 2.05) is 11.8 Å². The number of rotatable bonds is 9. The number of carbonyl (C=O) groups is 1. The number of anilines is 1. The van der Waals surface area contributed by atoms with E-state index in [-0.39, 0.29) is 13.4 Å². The van der Waals surface area contributed by atoms with Gasteiger partial charge >= 0.3 is 6.43 Å². The zero-order valence-corrected chi connectivity index (χ0v) is 21.8. The van der Waals surface area contributed by atoms with Crippen molar-refractivity contribution in [2.75, 3.05) is 38.3 Å². The van der Waals surface area contributed by atoms with Crippen molar-refractivity contribution in [1.29, 1.82) is 0 Å². The molecule has 0 bridgehead atoms. The van der Waals surface area contributed by atoms with Crippen LogP contribution in [-0.4, -0.2) is 87.2 Å². The molecule has 1 aromatic rings. The fourth-order valence-corrected chi connectivity index (χ4v) is 5.54. The number of methoxy groups -OCH3 is 1. The first-order valence-electron chi connectivity index (χ1n) is 11.9. The average molecular weight is 551 g/mol. The number of sulfone groups is 1. The van der Waals surface area contributed by atoms with Crippen LogP contribution in [0.1, 0.15) is 34.0 Å². The van der Waals surface area contributed by atoms with E-state index in [1.165, 1.54) is 6.08 Å². The van der Waals surface area contributed by atoms with Crippen molar-refractivity contribution < 1.29 is 36.9 Å². The Morgan fingerprint density at radius 2 is 1.86 bits per heavy atom. The van der Waals surface area contributed by atoms with Gasteiger partial charge in [0.2, 0.25) is 5.91 Å². The summed E-state index contributed by atoms with van der Waals surface area (Å²) >= 11 is 0. The predicted molar refractivity (Wildman–Crippen MR) is 134 cm³/mol. The Balaban J connectivity index is 0.00000507. The van der Waals surface area contributed by atoms with Crippen molar-refractivity contribution in [2.24, 2.45) is 4.99 Å². The molecular formula is C24H34F4N4O4S. The summed E-state index contributed by atoms with van der Waals surface area (Å²) in [6.45, 7) is 6.92. The topological polar surface area (TPSA) is 91.3 Å². The lowest BCUT2D eigenvalue weighted by Crippen LogP contribution is -2.54. The normalized spacial score (nSPS) is 21.8. The van der Waals surface area contributed by atoms with E-state index in [0.29, 0.717) is 45.3 Å². The Labute approximate surface area is 215 Å². The minimum atomic E-state index is -3.80. The third-order valence-corrected chi connectivity index (χ3v) is 8.09. The molecule has 2 heterocycles. The van der Waals surface area contributed by atoms with E-state index < -0.39 is 56.1 Å². The van der Waals surface area contributed by atoms with Gasteiger partial charge in [0.25, 0.3) is 5.90 Å². The second-order valence-corrected chi connectivity index (χ2v) is 11.2. The Kier molecular flexibility index (Phi) is 8.89. The minimum Gasteiger partial charge on any atom is -0.480 e. The van der Waals surface area contributed by atoms with Crippen molar-refractivity contribution in [1.82, 2.24) is 9.80 Å². The maximum Gasteiger partial charge on any atom is 0.312 e. The lowest BCUT2D eigenvalue weighted by molar-refractivity contribution is -0.131. The zero-order valence-electron chi connectivity index (χ0n) is 21.0. The molecule has 2 atom stereocenters. The van der Waals surface area contributed by atoms with Crippen LogP contribution in [0.3, 0.4) is 0 Å². The summed E-state index contributed by atoms with van der Waals surface area (Å²) in [7, 11) is -2.66. The number of carbonyl (C=O) groups excluding carboxylic acids is 1. The summed E-state index contributed by atoms with van der Waals surface area (Å²) in [4.78, 5) is 20.4. The first-order valence-corrected chi connectivity index (χ1v) is 13.8. The quantitative estimate of drug-likeness (QED) is 0.218. The van der Waals surface area contributed by atoms with Crippen LogP contribution < -0.4 is 5.32 Å². The molecule has 208 valence electrons. The van der Waals surface area contributed by atoms with Gasteiger partial charge in [0, 0.05) is 33.4 Å². The number of benzene rings is 1. The molecule has 0 aromatic heterocycles. The summed E-state index contributed by atoms with van der Waals surface area (Å²) < 4.78 is 83.5. The van der Waals surface area contributed by atoms with Gasteiger partial charge in [-0.3, -0.25) is 9.69 Å². The molecule has 2 saturated heterocycles. The summed E-state index contributed by atoms with van der Waals surface area (Å²) in [5, 5.41) is 2.60. The van der Waals surface area contributed by atoms with Crippen LogP contribution in [0.2, 0.25) is 0 Å². The van der Waals surface area contributed by atoms with E-state index in [2.05, 4.69) is 16.9 Å². The van der Waals surface area contributed by atoms with Gasteiger partial charge in [-0.1, -0.05) is 13.5 Å². The highest BCUT2D eigenvalue weighted by Crippen LogP contribution is 2.32. The SMILES string of the molecule is C=CC(CC)(/N=C(\OC)C(F)F)N1CCC(N2CC[C@H](Nc3c(F)cc(S(C)(=O)=O)cc3F)C2=O)CC1.[HH]. The lowest BCUT2D eigenvalue weighted by Gasteiger charge is -2.44. The molecule has 13 heteroatoms. The molecule has 8 nitrogen and oxygen atoms in total. The second kappa shape index (κ2) is 11.4. The van der Waals surface area contributed by atoms with Gasteiger partial charge < -0.3 is 15.0 Å². The molecule has 1 amide bonds. The van der Waals surface area contributed by atoms with Gasteiger partial charge in [-0.15, -0.1) is 0 Å².